The fraction of sp³-hybridized carbons (Fsp3) is 0.571. The van der Waals surface area contributed by atoms with Crippen molar-refractivity contribution in [1.29, 1.82) is 0 Å². The normalized spacial score (nSPS) is 13.1. The van der Waals surface area contributed by atoms with Crippen molar-refractivity contribution in [3.63, 3.8) is 0 Å². The molecule has 0 saturated carbocycles. The van der Waals surface area contributed by atoms with Crippen molar-refractivity contribution < 1.29 is 0 Å². The van der Waals surface area contributed by atoms with Gasteiger partial charge in [0, 0.05) is 17.5 Å². The van der Waals surface area contributed by atoms with E-state index in [1.807, 2.05) is 18.7 Å². The predicted octanol–water partition coefficient (Wildman–Crippen LogP) is 3.25. The van der Waals surface area contributed by atoms with E-state index >= 15 is 0 Å². The van der Waals surface area contributed by atoms with Gasteiger partial charge in [0.05, 0.1) is 5.39 Å². The van der Waals surface area contributed by atoms with Crippen molar-refractivity contribution in [2.45, 2.75) is 40.7 Å². The lowest BCUT2D eigenvalue weighted by atomic mass is 10.2. The first kappa shape index (κ1) is 14.2. The van der Waals surface area contributed by atoms with Gasteiger partial charge in [-0.2, -0.15) is 11.8 Å². The molecule has 1 atom stereocenters. The molecule has 0 saturated heterocycles. The van der Waals surface area contributed by atoms with Crippen molar-refractivity contribution in [2.75, 3.05) is 17.2 Å². The van der Waals surface area contributed by atoms with E-state index in [0.29, 0.717) is 11.9 Å². The number of aryl methyl sites for hydroxylation is 2. The van der Waals surface area contributed by atoms with Gasteiger partial charge in [0.15, 0.2) is 0 Å². The van der Waals surface area contributed by atoms with Crippen molar-refractivity contribution in [2.24, 2.45) is 0 Å². The van der Waals surface area contributed by atoms with Gasteiger partial charge in [0.25, 0.3) is 0 Å². The van der Waals surface area contributed by atoms with Gasteiger partial charge in [0.1, 0.15) is 17.3 Å². The number of nitrogen functional groups attached to an aromatic ring is 1. The molecule has 0 aliphatic carbocycles. The molecule has 0 aliphatic heterocycles. The highest BCUT2D eigenvalue weighted by molar-refractivity contribution is 7.99. The van der Waals surface area contributed by atoms with E-state index < -0.39 is 0 Å². The molecule has 0 spiro atoms. The number of thioether (sulfide) groups is 1. The highest BCUT2D eigenvalue weighted by atomic mass is 32.2. The third kappa shape index (κ3) is 2.43. The third-order valence-electron chi connectivity index (χ3n) is 3.54. The molecule has 2 rings (SSSR count). The van der Waals surface area contributed by atoms with Crippen LogP contribution in [0.25, 0.3) is 11.0 Å². The fourth-order valence-corrected chi connectivity index (χ4v) is 3.26. The molecular weight excluding hydrogens is 256 g/mol. The number of rotatable bonds is 4. The molecule has 19 heavy (non-hydrogen) atoms. The lowest BCUT2D eigenvalue weighted by molar-refractivity contribution is 0.610. The minimum absolute atomic E-state index is 0.412. The van der Waals surface area contributed by atoms with Crippen LogP contribution in [-0.2, 0) is 0 Å². The Morgan fingerprint density at radius 1 is 1.26 bits per heavy atom. The summed E-state index contributed by atoms with van der Waals surface area (Å²) >= 11 is 1.95. The number of hydrogen-bond donors (Lipinski definition) is 1. The van der Waals surface area contributed by atoms with E-state index in [-0.39, 0.29) is 0 Å². The fourth-order valence-electron chi connectivity index (χ4n) is 2.54. The molecule has 5 heteroatoms. The first-order valence-electron chi connectivity index (χ1n) is 6.66. The van der Waals surface area contributed by atoms with E-state index in [2.05, 4.69) is 42.2 Å². The highest BCUT2D eigenvalue weighted by Crippen LogP contribution is 2.31. The monoisotopic (exact) mass is 278 g/mol. The van der Waals surface area contributed by atoms with Crippen LogP contribution in [0.15, 0.2) is 0 Å². The van der Waals surface area contributed by atoms with E-state index in [0.717, 1.165) is 28.4 Å². The molecule has 0 amide bonds. The van der Waals surface area contributed by atoms with Gasteiger partial charge in [-0.25, -0.2) is 9.97 Å². The summed E-state index contributed by atoms with van der Waals surface area (Å²) < 4.78 is 2.30. The number of anilines is 1. The van der Waals surface area contributed by atoms with Crippen LogP contribution in [0.1, 0.15) is 37.0 Å². The number of nitrogens with two attached hydrogens (primary N) is 1. The molecular formula is C14H22N4S. The van der Waals surface area contributed by atoms with E-state index in [9.17, 15) is 0 Å². The molecule has 2 aromatic heterocycles. The Morgan fingerprint density at radius 2 is 1.95 bits per heavy atom. The Kier molecular flexibility index (Phi) is 4.04. The number of aromatic nitrogens is 3. The summed E-state index contributed by atoms with van der Waals surface area (Å²) in [6, 6.07) is 0.412. The molecule has 2 aromatic rings. The van der Waals surface area contributed by atoms with Crippen molar-refractivity contribution in [3.05, 3.63) is 17.1 Å². The lowest BCUT2D eigenvalue weighted by Crippen LogP contribution is -2.11. The van der Waals surface area contributed by atoms with E-state index in [1.165, 1.54) is 11.3 Å². The van der Waals surface area contributed by atoms with Crippen LogP contribution in [0.5, 0.6) is 0 Å². The zero-order valence-electron chi connectivity index (χ0n) is 12.3. The zero-order valence-corrected chi connectivity index (χ0v) is 13.1. The van der Waals surface area contributed by atoms with Crippen LogP contribution in [0.2, 0.25) is 0 Å². The summed E-state index contributed by atoms with van der Waals surface area (Å²) in [6.45, 7) is 10.6. The Bertz CT molecular complexity index is 603. The maximum atomic E-state index is 6.07. The summed E-state index contributed by atoms with van der Waals surface area (Å²) in [5.74, 6) is 3.55. The second-order valence-corrected chi connectivity index (χ2v) is 6.26. The predicted molar refractivity (Wildman–Crippen MR) is 83.9 cm³/mol. The van der Waals surface area contributed by atoms with Gasteiger partial charge in [-0.05, 0) is 39.0 Å². The van der Waals surface area contributed by atoms with Crippen LogP contribution in [0.4, 0.5) is 5.82 Å². The second-order valence-electron chi connectivity index (χ2n) is 4.94. The molecule has 104 valence electrons. The Hall–Kier alpha value is -1.23. The molecule has 0 aromatic carbocycles. The summed E-state index contributed by atoms with van der Waals surface area (Å²) in [5.41, 5.74) is 9.48. The first-order chi connectivity index (χ1) is 8.97. The zero-order chi connectivity index (χ0) is 14.2. The Balaban J connectivity index is 2.63. The molecule has 2 N–H and O–H groups in total. The van der Waals surface area contributed by atoms with E-state index in [1.54, 1.807) is 0 Å². The molecule has 4 nitrogen and oxygen atoms in total. The largest absolute Gasteiger partial charge is 0.383 e. The van der Waals surface area contributed by atoms with Crippen LogP contribution < -0.4 is 5.73 Å². The average molecular weight is 278 g/mol. The van der Waals surface area contributed by atoms with E-state index in [4.69, 9.17) is 5.73 Å². The summed E-state index contributed by atoms with van der Waals surface area (Å²) in [5, 5.41) is 1.01. The topological polar surface area (TPSA) is 56.7 Å². The maximum Gasteiger partial charge on any atom is 0.146 e. The minimum Gasteiger partial charge on any atom is -0.383 e. The van der Waals surface area contributed by atoms with Gasteiger partial charge < -0.3 is 10.3 Å². The quantitative estimate of drug-likeness (QED) is 0.932. The van der Waals surface area contributed by atoms with Crippen LogP contribution in [0.3, 0.4) is 0 Å². The molecule has 0 bridgehead atoms. The first-order valence-corrected chi connectivity index (χ1v) is 7.81. The van der Waals surface area contributed by atoms with Crippen LogP contribution >= 0.6 is 11.8 Å². The minimum atomic E-state index is 0.412. The number of fused-ring (bicyclic) bond motifs is 1. The van der Waals surface area contributed by atoms with Crippen LogP contribution in [0, 0.1) is 20.8 Å². The highest BCUT2D eigenvalue weighted by Gasteiger charge is 2.19. The second kappa shape index (κ2) is 5.41. The Labute approximate surface area is 118 Å². The van der Waals surface area contributed by atoms with Gasteiger partial charge in [-0.3, -0.25) is 0 Å². The summed E-state index contributed by atoms with van der Waals surface area (Å²) in [4.78, 5) is 8.90. The number of nitrogens with zero attached hydrogens (tertiary/aromatic N) is 3. The van der Waals surface area contributed by atoms with Crippen molar-refractivity contribution >= 4 is 28.6 Å². The van der Waals surface area contributed by atoms with Gasteiger partial charge in [-0.1, -0.05) is 6.92 Å². The number of hydrogen-bond acceptors (Lipinski definition) is 4. The molecule has 1 unspecified atom stereocenters. The van der Waals surface area contributed by atoms with Gasteiger partial charge in [0.2, 0.25) is 0 Å². The smallest absolute Gasteiger partial charge is 0.146 e. The summed E-state index contributed by atoms with van der Waals surface area (Å²) in [6.07, 6.45) is 0. The third-order valence-corrected chi connectivity index (χ3v) is 4.67. The Morgan fingerprint density at radius 3 is 2.58 bits per heavy atom. The standard InChI is InChI=1S/C14H22N4S/c1-6-19-7-8(2)18-10(4)9(3)12-13(15)16-11(5)17-14(12)18/h8H,6-7H2,1-5H3,(H2,15,16,17). The van der Waals surface area contributed by atoms with Crippen molar-refractivity contribution in [1.82, 2.24) is 14.5 Å². The average Bonchev–Trinajstić information content (AvgIpc) is 2.59. The van der Waals surface area contributed by atoms with Gasteiger partial charge >= 0.3 is 0 Å². The lowest BCUT2D eigenvalue weighted by Gasteiger charge is -2.16. The van der Waals surface area contributed by atoms with Gasteiger partial charge in [-0.15, -0.1) is 0 Å². The molecule has 0 radical (unpaired) electrons. The van der Waals surface area contributed by atoms with Crippen molar-refractivity contribution in [3.8, 4) is 0 Å². The molecule has 0 aliphatic rings. The van der Waals surface area contributed by atoms with Crippen LogP contribution in [-0.4, -0.2) is 26.0 Å². The maximum absolute atomic E-state index is 6.07. The SMILES string of the molecule is CCSCC(C)n1c(C)c(C)c2c(N)nc(C)nc21. The molecule has 2 heterocycles. The summed E-state index contributed by atoms with van der Waals surface area (Å²) in [7, 11) is 0. The molecule has 0 fully saturated rings.